The van der Waals surface area contributed by atoms with E-state index < -0.39 is 0 Å². The third-order valence-corrected chi connectivity index (χ3v) is 2.06. The number of nitrogens with one attached hydrogen (secondary N) is 1. The maximum atomic E-state index is 5.49. The smallest absolute Gasteiger partial charge is 0.168 e. The lowest BCUT2D eigenvalue weighted by molar-refractivity contribution is 0.118. The molecule has 0 spiro atoms. The summed E-state index contributed by atoms with van der Waals surface area (Å²) in [6, 6.07) is 3.78. The Kier molecular flexibility index (Phi) is 6.40. The molecule has 0 amide bonds. The molecule has 0 aliphatic rings. The SMILES string of the molecule is CCOc1cccnc1NCCOCC(C)C. The van der Waals surface area contributed by atoms with Crippen molar-refractivity contribution in [2.24, 2.45) is 5.92 Å². The van der Waals surface area contributed by atoms with Gasteiger partial charge in [-0.15, -0.1) is 0 Å². The average molecular weight is 238 g/mol. The van der Waals surface area contributed by atoms with Crippen LogP contribution in [-0.2, 0) is 4.74 Å². The molecule has 1 aromatic heterocycles. The molecule has 4 nitrogen and oxygen atoms in total. The van der Waals surface area contributed by atoms with Crippen LogP contribution in [0, 0.1) is 5.92 Å². The van der Waals surface area contributed by atoms with Crippen LogP contribution in [-0.4, -0.2) is 31.3 Å². The molecule has 0 atom stereocenters. The molecule has 0 aliphatic carbocycles. The van der Waals surface area contributed by atoms with Crippen LogP contribution in [0.1, 0.15) is 20.8 Å². The first-order chi connectivity index (χ1) is 8.24. The normalized spacial score (nSPS) is 10.6. The topological polar surface area (TPSA) is 43.4 Å². The zero-order valence-electron chi connectivity index (χ0n) is 10.9. The number of pyridine rings is 1. The van der Waals surface area contributed by atoms with E-state index in [-0.39, 0.29) is 0 Å². The van der Waals surface area contributed by atoms with Crippen molar-refractivity contribution in [2.75, 3.05) is 31.7 Å². The second-order valence-corrected chi connectivity index (χ2v) is 4.18. The van der Waals surface area contributed by atoms with Gasteiger partial charge in [0, 0.05) is 19.3 Å². The Morgan fingerprint density at radius 3 is 2.94 bits per heavy atom. The molecule has 0 fully saturated rings. The third kappa shape index (κ3) is 5.54. The number of hydrogen-bond acceptors (Lipinski definition) is 4. The molecule has 0 aromatic carbocycles. The van der Waals surface area contributed by atoms with Gasteiger partial charge >= 0.3 is 0 Å². The molecule has 1 heterocycles. The minimum Gasteiger partial charge on any atom is -0.490 e. The maximum absolute atomic E-state index is 5.49. The Balaban J connectivity index is 2.30. The summed E-state index contributed by atoms with van der Waals surface area (Å²) in [6.45, 7) is 9.10. The van der Waals surface area contributed by atoms with Gasteiger partial charge in [0.2, 0.25) is 0 Å². The Hall–Kier alpha value is -1.29. The number of rotatable bonds is 8. The van der Waals surface area contributed by atoms with Gasteiger partial charge in [0.15, 0.2) is 11.6 Å². The van der Waals surface area contributed by atoms with Crippen molar-refractivity contribution in [3.63, 3.8) is 0 Å². The highest BCUT2D eigenvalue weighted by molar-refractivity contribution is 5.49. The highest BCUT2D eigenvalue weighted by Gasteiger charge is 2.02. The van der Waals surface area contributed by atoms with Crippen molar-refractivity contribution in [3.8, 4) is 5.75 Å². The summed E-state index contributed by atoms with van der Waals surface area (Å²) in [5.41, 5.74) is 0. The van der Waals surface area contributed by atoms with Crippen molar-refractivity contribution >= 4 is 5.82 Å². The monoisotopic (exact) mass is 238 g/mol. The number of hydrogen-bond donors (Lipinski definition) is 1. The quantitative estimate of drug-likeness (QED) is 0.707. The average Bonchev–Trinajstić information content (AvgIpc) is 2.31. The zero-order valence-corrected chi connectivity index (χ0v) is 10.9. The summed E-state index contributed by atoms with van der Waals surface area (Å²) in [6.07, 6.45) is 1.75. The Morgan fingerprint density at radius 1 is 1.41 bits per heavy atom. The number of nitrogens with zero attached hydrogens (tertiary/aromatic N) is 1. The van der Waals surface area contributed by atoms with Crippen LogP contribution in [0.25, 0.3) is 0 Å². The number of aromatic nitrogens is 1. The number of ether oxygens (including phenoxy) is 2. The molecule has 0 bridgehead atoms. The molecular formula is C13H22N2O2. The molecular weight excluding hydrogens is 216 g/mol. The summed E-state index contributed by atoms with van der Waals surface area (Å²) < 4.78 is 11.0. The van der Waals surface area contributed by atoms with Crippen LogP contribution in [0.2, 0.25) is 0 Å². The minimum absolute atomic E-state index is 0.573. The summed E-state index contributed by atoms with van der Waals surface area (Å²) in [5, 5.41) is 3.21. The molecule has 4 heteroatoms. The first-order valence-corrected chi connectivity index (χ1v) is 6.13. The maximum Gasteiger partial charge on any atom is 0.168 e. The van der Waals surface area contributed by atoms with E-state index in [1.54, 1.807) is 6.20 Å². The van der Waals surface area contributed by atoms with Crippen molar-refractivity contribution in [1.82, 2.24) is 4.98 Å². The second-order valence-electron chi connectivity index (χ2n) is 4.18. The molecule has 0 unspecified atom stereocenters. The standard InChI is InChI=1S/C13H22N2O2/c1-4-17-12-6-5-7-14-13(12)15-8-9-16-10-11(2)3/h5-7,11H,4,8-10H2,1-3H3,(H,14,15). The molecule has 1 aromatic rings. The van der Waals surface area contributed by atoms with Gasteiger partial charge in [0.25, 0.3) is 0 Å². The van der Waals surface area contributed by atoms with Crippen molar-refractivity contribution in [1.29, 1.82) is 0 Å². The Labute approximate surface area is 103 Å². The van der Waals surface area contributed by atoms with Gasteiger partial charge in [-0.05, 0) is 25.0 Å². The third-order valence-electron chi connectivity index (χ3n) is 2.06. The first kappa shape index (κ1) is 13.8. The van der Waals surface area contributed by atoms with E-state index in [1.807, 2.05) is 19.1 Å². The summed E-state index contributed by atoms with van der Waals surface area (Å²) in [5.74, 6) is 2.14. The second kappa shape index (κ2) is 7.90. The minimum atomic E-state index is 0.573. The van der Waals surface area contributed by atoms with Gasteiger partial charge in [-0.25, -0.2) is 4.98 Å². The van der Waals surface area contributed by atoms with Gasteiger partial charge in [-0.1, -0.05) is 13.8 Å². The van der Waals surface area contributed by atoms with E-state index in [9.17, 15) is 0 Å². The lowest BCUT2D eigenvalue weighted by Gasteiger charge is -2.11. The van der Waals surface area contributed by atoms with Gasteiger partial charge < -0.3 is 14.8 Å². The molecule has 1 N–H and O–H groups in total. The van der Waals surface area contributed by atoms with E-state index in [4.69, 9.17) is 9.47 Å². The molecule has 0 radical (unpaired) electrons. The van der Waals surface area contributed by atoms with Gasteiger partial charge in [0.1, 0.15) is 0 Å². The molecule has 17 heavy (non-hydrogen) atoms. The highest BCUT2D eigenvalue weighted by Crippen LogP contribution is 2.20. The predicted molar refractivity (Wildman–Crippen MR) is 69.6 cm³/mol. The van der Waals surface area contributed by atoms with Crippen LogP contribution in [0.3, 0.4) is 0 Å². The van der Waals surface area contributed by atoms with Gasteiger partial charge in [-0.2, -0.15) is 0 Å². The van der Waals surface area contributed by atoms with E-state index in [1.165, 1.54) is 0 Å². The molecule has 0 saturated carbocycles. The van der Waals surface area contributed by atoms with Crippen LogP contribution >= 0.6 is 0 Å². The van der Waals surface area contributed by atoms with Gasteiger partial charge in [-0.3, -0.25) is 0 Å². The Bertz CT molecular complexity index is 316. The van der Waals surface area contributed by atoms with Crippen LogP contribution in [0.4, 0.5) is 5.82 Å². The first-order valence-electron chi connectivity index (χ1n) is 6.13. The van der Waals surface area contributed by atoms with E-state index >= 15 is 0 Å². The van der Waals surface area contributed by atoms with E-state index in [0.717, 1.165) is 24.7 Å². The van der Waals surface area contributed by atoms with Crippen LogP contribution in [0.5, 0.6) is 5.75 Å². The fourth-order valence-corrected chi connectivity index (χ4v) is 1.36. The van der Waals surface area contributed by atoms with Crippen LogP contribution in [0.15, 0.2) is 18.3 Å². The van der Waals surface area contributed by atoms with Crippen molar-refractivity contribution < 1.29 is 9.47 Å². The zero-order chi connectivity index (χ0) is 12.5. The summed E-state index contributed by atoms with van der Waals surface area (Å²) in [4.78, 5) is 4.24. The highest BCUT2D eigenvalue weighted by atomic mass is 16.5. The lowest BCUT2D eigenvalue weighted by atomic mass is 10.2. The molecule has 96 valence electrons. The lowest BCUT2D eigenvalue weighted by Crippen LogP contribution is -2.13. The van der Waals surface area contributed by atoms with E-state index in [2.05, 4.69) is 24.1 Å². The molecule has 0 aliphatic heterocycles. The van der Waals surface area contributed by atoms with Crippen molar-refractivity contribution in [3.05, 3.63) is 18.3 Å². The number of anilines is 1. The molecule has 1 rings (SSSR count). The van der Waals surface area contributed by atoms with Crippen molar-refractivity contribution in [2.45, 2.75) is 20.8 Å². The Morgan fingerprint density at radius 2 is 2.24 bits per heavy atom. The summed E-state index contributed by atoms with van der Waals surface area (Å²) >= 11 is 0. The van der Waals surface area contributed by atoms with Gasteiger partial charge in [0.05, 0.1) is 13.2 Å². The predicted octanol–water partition coefficient (Wildman–Crippen LogP) is 2.56. The molecule has 0 saturated heterocycles. The largest absolute Gasteiger partial charge is 0.490 e. The fraction of sp³-hybridized carbons (Fsp3) is 0.615. The summed E-state index contributed by atoms with van der Waals surface area (Å²) in [7, 11) is 0. The van der Waals surface area contributed by atoms with Crippen LogP contribution < -0.4 is 10.1 Å². The fourth-order valence-electron chi connectivity index (χ4n) is 1.36. The van der Waals surface area contributed by atoms with E-state index in [0.29, 0.717) is 19.1 Å².